The molecule has 1 aromatic heterocycles. The first-order chi connectivity index (χ1) is 13.1. The molecule has 4 heteroatoms. The minimum atomic E-state index is -0.273. The van der Waals surface area contributed by atoms with Crippen molar-refractivity contribution in [1.82, 2.24) is 0 Å². The first-order valence-corrected chi connectivity index (χ1v) is 10.5. The van der Waals surface area contributed by atoms with E-state index in [0.29, 0.717) is 11.3 Å². The van der Waals surface area contributed by atoms with Crippen LogP contribution in [0.25, 0.3) is 11.0 Å². The Bertz CT molecular complexity index is 744. The molecule has 0 spiro atoms. The molecule has 27 heavy (non-hydrogen) atoms. The van der Waals surface area contributed by atoms with Gasteiger partial charge in [0.15, 0.2) is 0 Å². The summed E-state index contributed by atoms with van der Waals surface area (Å²) in [6, 6.07) is 7.50. The maximum Gasteiger partial charge on any atom is 0.336 e. The molecule has 0 aliphatic heterocycles. The van der Waals surface area contributed by atoms with Crippen LogP contribution in [0.5, 0.6) is 5.75 Å². The molecule has 0 saturated carbocycles. The van der Waals surface area contributed by atoms with E-state index in [1.165, 1.54) is 58.2 Å². The molecular weight excluding hydrogens is 338 g/mol. The van der Waals surface area contributed by atoms with Gasteiger partial charge in [-0.25, -0.2) is 4.79 Å². The van der Waals surface area contributed by atoms with Crippen molar-refractivity contribution in [2.75, 3.05) is 26.7 Å². The smallest absolute Gasteiger partial charge is 0.336 e. The molecule has 0 aliphatic rings. The minimum absolute atomic E-state index is 0.273. The van der Waals surface area contributed by atoms with E-state index in [4.69, 9.17) is 9.15 Å². The Labute approximate surface area is 163 Å². The van der Waals surface area contributed by atoms with Crippen LogP contribution in [0.2, 0.25) is 0 Å². The summed E-state index contributed by atoms with van der Waals surface area (Å²) in [5, 5.41) is 1.03. The molecule has 0 saturated heterocycles. The summed E-state index contributed by atoms with van der Waals surface area (Å²) in [6.45, 7) is 11.2. The third kappa shape index (κ3) is 5.83. The normalized spacial score (nSPS) is 11.9. The van der Waals surface area contributed by atoms with Gasteiger partial charge in [-0.05, 0) is 31.4 Å². The molecule has 0 bridgehead atoms. The minimum Gasteiger partial charge on any atom is -0.497 e. The topological polar surface area (TPSA) is 39.4 Å². The Morgan fingerprint density at radius 1 is 0.926 bits per heavy atom. The van der Waals surface area contributed by atoms with Crippen molar-refractivity contribution in [3.05, 3.63) is 40.2 Å². The third-order valence-electron chi connectivity index (χ3n) is 5.50. The van der Waals surface area contributed by atoms with Crippen LogP contribution in [0.4, 0.5) is 0 Å². The van der Waals surface area contributed by atoms with Crippen LogP contribution in [0.3, 0.4) is 0 Å². The first-order valence-electron chi connectivity index (χ1n) is 10.5. The molecule has 2 aromatic rings. The number of methoxy groups -OCH3 is 1. The average molecular weight is 375 g/mol. The second kappa shape index (κ2) is 10.5. The van der Waals surface area contributed by atoms with Crippen LogP contribution in [0, 0.1) is 0 Å². The van der Waals surface area contributed by atoms with E-state index >= 15 is 0 Å². The molecule has 0 atom stereocenters. The maximum atomic E-state index is 12.2. The highest BCUT2D eigenvalue weighted by molar-refractivity contribution is 5.81. The van der Waals surface area contributed by atoms with E-state index in [9.17, 15) is 4.79 Å². The summed E-state index contributed by atoms with van der Waals surface area (Å²) in [7, 11) is 1.63. The van der Waals surface area contributed by atoms with Crippen LogP contribution in [-0.4, -0.2) is 31.2 Å². The lowest BCUT2D eigenvalue weighted by Gasteiger charge is -2.39. The van der Waals surface area contributed by atoms with Crippen molar-refractivity contribution in [3.8, 4) is 5.75 Å². The van der Waals surface area contributed by atoms with Crippen LogP contribution in [0.15, 0.2) is 33.5 Å². The molecule has 0 amide bonds. The summed E-state index contributed by atoms with van der Waals surface area (Å²) in [5.41, 5.74) is 1.45. The zero-order valence-electron chi connectivity index (χ0n) is 17.6. The zero-order chi connectivity index (χ0) is 19.7. The summed E-state index contributed by atoms with van der Waals surface area (Å²) < 4.78 is 11.8. The van der Waals surface area contributed by atoms with Crippen LogP contribution < -0.4 is 10.4 Å². The number of nitrogens with zero attached hydrogens (tertiary/aromatic N) is 1. The monoisotopic (exact) mass is 374 g/mol. The van der Waals surface area contributed by atoms with Gasteiger partial charge in [0.05, 0.1) is 26.7 Å². The molecular formula is C23H36NO3+. The van der Waals surface area contributed by atoms with Crippen LogP contribution in [-0.2, 0) is 6.54 Å². The quantitative estimate of drug-likeness (QED) is 0.363. The molecule has 150 valence electrons. The van der Waals surface area contributed by atoms with Gasteiger partial charge in [0.1, 0.15) is 17.9 Å². The van der Waals surface area contributed by atoms with Crippen molar-refractivity contribution in [3.63, 3.8) is 0 Å². The molecule has 0 unspecified atom stereocenters. The van der Waals surface area contributed by atoms with Gasteiger partial charge in [-0.15, -0.1) is 0 Å². The van der Waals surface area contributed by atoms with Crippen molar-refractivity contribution < 1.29 is 13.6 Å². The Kier molecular flexibility index (Phi) is 8.36. The van der Waals surface area contributed by atoms with Crippen molar-refractivity contribution in [1.29, 1.82) is 0 Å². The van der Waals surface area contributed by atoms with Gasteiger partial charge in [0, 0.05) is 23.1 Å². The highest BCUT2D eigenvalue weighted by atomic mass is 16.5. The van der Waals surface area contributed by atoms with E-state index in [0.717, 1.165) is 22.0 Å². The third-order valence-corrected chi connectivity index (χ3v) is 5.50. The second-order valence-electron chi connectivity index (χ2n) is 7.68. The lowest BCUT2D eigenvalue weighted by atomic mass is 10.1. The van der Waals surface area contributed by atoms with Crippen LogP contribution in [0.1, 0.15) is 64.9 Å². The fraction of sp³-hybridized carbons (Fsp3) is 0.609. The van der Waals surface area contributed by atoms with Crippen molar-refractivity contribution in [2.24, 2.45) is 0 Å². The number of rotatable bonds is 12. The fourth-order valence-corrected chi connectivity index (χ4v) is 3.88. The summed E-state index contributed by atoms with van der Waals surface area (Å²) in [5.74, 6) is 0.714. The summed E-state index contributed by atoms with van der Waals surface area (Å²) in [6.07, 6.45) is 7.27. The molecule has 2 rings (SSSR count). The Morgan fingerprint density at radius 2 is 1.52 bits per heavy atom. The number of hydrogen-bond acceptors (Lipinski definition) is 3. The van der Waals surface area contributed by atoms with E-state index in [-0.39, 0.29) is 5.63 Å². The fourth-order valence-electron chi connectivity index (χ4n) is 3.88. The van der Waals surface area contributed by atoms with E-state index in [2.05, 4.69) is 20.8 Å². The van der Waals surface area contributed by atoms with Crippen LogP contribution >= 0.6 is 0 Å². The number of benzene rings is 1. The van der Waals surface area contributed by atoms with Gasteiger partial charge in [-0.2, -0.15) is 0 Å². The molecule has 0 fully saturated rings. The number of quaternary nitrogens is 1. The lowest BCUT2D eigenvalue weighted by molar-refractivity contribution is -0.941. The van der Waals surface area contributed by atoms with E-state index in [1.54, 1.807) is 13.2 Å². The van der Waals surface area contributed by atoms with Gasteiger partial charge in [0.2, 0.25) is 0 Å². The number of unbranched alkanes of at least 4 members (excludes halogenated alkanes) is 3. The SMILES string of the molecule is CCCC[N+](CCCC)(CCCC)Cc1cc(=O)oc2cc(OC)ccc12. The zero-order valence-corrected chi connectivity index (χ0v) is 17.6. The van der Waals surface area contributed by atoms with Crippen molar-refractivity contribution in [2.45, 2.75) is 65.8 Å². The number of fused-ring (bicyclic) bond motifs is 1. The number of ether oxygens (including phenoxy) is 1. The predicted octanol–water partition coefficient (Wildman–Crippen LogP) is 5.52. The molecule has 0 aliphatic carbocycles. The molecule has 4 nitrogen and oxygen atoms in total. The molecule has 1 heterocycles. The molecule has 0 N–H and O–H groups in total. The van der Waals surface area contributed by atoms with E-state index < -0.39 is 0 Å². The Balaban J connectivity index is 2.46. The Hall–Kier alpha value is -1.81. The van der Waals surface area contributed by atoms with Gasteiger partial charge in [-0.3, -0.25) is 0 Å². The van der Waals surface area contributed by atoms with Gasteiger partial charge in [-0.1, -0.05) is 40.0 Å². The van der Waals surface area contributed by atoms with Gasteiger partial charge >= 0.3 is 5.63 Å². The average Bonchev–Trinajstić information content (AvgIpc) is 2.68. The number of hydrogen-bond donors (Lipinski definition) is 0. The second-order valence-corrected chi connectivity index (χ2v) is 7.68. The largest absolute Gasteiger partial charge is 0.497 e. The first kappa shape index (κ1) is 21.5. The molecule has 0 radical (unpaired) electrons. The maximum absolute atomic E-state index is 12.2. The standard InChI is InChI=1S/C23H36NO3/c1-5-8-13-24(14-9-6-2,15-10-7-3)18-19-16-23(25)27-22-17-20(26-4)11-12-21(19)22/h11-12,16-17H,5-10,13-15,18H2,1-4H3/q+1. The summed E-state index contributed by atoms with van der Waals surface area (Å²) >= 11 is 0. The molecule has 1 aromatic carbocycles. The predicted molar refractivity (Wildman–Crippen MR) is 112 cm³/mol. The van der Waals surface area contributed by atoms with Crippen molar-refractivity contribution >= 4 is 11.0 Å². The lowest BCUT2D eigenvalue weighted by Crippen LogP contribution is -2.49. The highest BCUT2D eigenvalue weighted by Gasteiger charge is 2.27. The van der Waals surface area contributed by atoms with Gasteiger partial charge in [0.25, 0.3) is 0 Å². The Morgan fingerprint density at radius 3 is 2.04 bits per heavy atom. The van der Waals surface area contributed by atoms with E-state index in [1.807, 2.05) is 18.2 Å². The van der Waals surface area contributed by atoms with Gasteiger partial charge < -0.3 is 13.6 Å². The summed E-state index contributed by atoms with van der Waals surface area (Å²) in [4.78, 5) is 12.2. The highest BCUT2D eigenvalue weighted by Crippen LogP contribution is 2.27.